The third-order valence-corrected chi connectivity index (χ3v) is 8.63. The second kappa shape index (κ2) is 12.2. The number of fused-ring (bicyclic) bond motifs is 1. The highest BCUT2D eigenvalue weighted by atomic mass is 79.9. The highest BCUT2D eigenvalue weighted by Crippen LogP contribution is 2.40. The van der Waals surface area contributed by atoms with Gasteiger partial charge in [0.2, 0.25) is 0 Å². The number of ether oxygens (including phenoxy) is 1. The van der Waals surface area contributed by atoms with Crippen molar-refractivity contribution < 1.29 is 9.53 Å². The summed E-state index contributed by atoms with van der Waals surface area (Å²) < 4.78 is 7.73. The van der Waals surface area contributed by atoms with Gasteiger partial charge in [-0.05, 0) is 91.9 Å². The van der Waals surface area contributed by atoms with E-state index in [-0.39, 0.29) is 5.91 Å². The lowest BCUT2D eigenvalue weighted by Gasteiger charge is -2.13. The standard InChI is InChI=1S/C30H26Br2N2O2S/c31-24-15-22(16-25(32)28(24)36-19-21-11-5-2-6-12-21)18-34-30-27(23-13-7-8-14-26(23)37-30)29(35)33-17-20-9-3-1-4-10-20/h1-6,9-12,15-16,18H,7-8,13-14,17,19H2,(H,33,35). The molecule has 1 heterocycles. The number of aliphatic imine (C=N–C) groups is 1. The third-order valence-electron chi connectivity index (χ3n) is 6.25. The van der Waals surface area contributed by atoms with Gasteiger partial charge in [-0.3, -0.25) is 4.79 Å². The molecule has 0 radical (unpaired) electrons. The van der Waals surface area contributed by atoms with Crippen molar-refractivity contribution in [2.24, 2.45) is 4.99 Å². The van der Waals surface area contributed by atoms with Crippen LogP contribution < -0.4 is 10.1 Å². The van der Waals surface area contributed by atoms with E-state index in [1.54, 1.807) is 11.3 Å². The SMILES string of the molecule is O=C(NCc1ccccc1)c1c(N=Cc2cc(Br)c(OCc3ccccc3)c(Br)c2)sc2c1CCCC2. The molecule has 0 fully saturated rings. The van der Waals surface area contributed by atoms with E-state index in [1.807, 2.05) is 79.0 Å². The lowest BCUT2D eigenvalue weighted by Crippen LogP contribution is -2.24. The van der Waals surface area contributed by atoms with E-state index in [2.05, 4.69) is 37.2 Å². The van der Waals surface area contributed by atoms with Crippen LogP contribution in [0.2, 0.25) is 0 Å². The predicted octanol–water partition coefficient (Wildman–Crippen LogP) is 8.41. The number of thiophene rings is 1. The second-order valence-electron chi connectivity index (χ2n) is 8.91. The number of benzene rings is 3. The van der Waals surface area contributed by atoms with E-state index in [4.69, 9.17) is 9.73 Å². The van der Waals surface area contributed by atoms with Gasteiger partial charge in [0.05, 0.1) is 14.5 Å². The number of aryl methyl sites for hydroxylation is 1. The Kier molecular flexibility index (Phi) is 8.54. The Bertz CT molecular complexity index is 1400. The zero-order chi connectivity index (χ0) is 25.6. The Balaban J connectivity index is 1.36. The smallest absolute Gasteiger partial charge is 0.254 e. The van der Waals surface area contributed by atoms with Crippen molar-refractivity contribution in [1.29, 1.82) is 0 Å². The number of nitrogens with one attached hydrogen (secondary N) is 1. The fraction of sp³-hybridized carbons (Fsp3) is 0.200. The molecule has 1 aliphatic carbocycles. The Morgan fingerprint density at radius 3 is 2.30 bits per heavy atom. The van der Waals surface area contributed by atoms with Gasteiger partial charge in [0, 0.05) is 17.6 Å². The number of nitrogens with zero attached hydrogens (tertiary/aromatic N) is 1. The normalized spacial score (nSPS) is 12.9. The molecule has 1 aliphatic rings. The molecule has 0 unspecified atom stereocenters. The predicted molar refractivity (Wildman–Crippen MR) is 158 cm³/mol. The maximum atomic E-state index is 13.3. The maximum Gasteiger partial charge on any atom is 0.254 e. The Labute approximate surface area is 238 Å². The van der Waals surface area contributed by atoms with Crippen molar-refractivity contribution in [3.63, 3.8) is 0 Å². The fourth-order valence-electron chi connectivity index (χ4n) is 4.40. The summed E-state index contributed by atoms with van der Waals surface area (Å²) in [5.41, 5.74) is 4.99. The Morgan fingerprint density at radius 1 is 0.946 bits per heavy atom. The van der Waals surface area contributed by atoms with Gasteiger partial charge in [-0.2, -0.15) is 0 Å². The molecule has 1 N–H and O–H groups in total. The van der Waals surface area contributed by atoms with Gasteiger partial charge in [-0.25, -0.2) is 4.99 Å². The first kappa shape index (κ1) is 25.9. The van der Waals surface area contributed by atoms with Crippen molar-refractivity contribution in [3.8, 4) is 5.75 Å². The van der Waals surface area contributed by atoms with Crippen LogP contribution in [0.4, 0.5) is 5.00 Å². The molecule has 0 saturated heterocycles. The average Bonchev–Trinajstić information content (AvgIpc) is 3.30. The molecule has 188 valence electrons. The summed E-state index contributed by atoms with van der Waals surface area (Å²) in [6.07, 6.45) is 6.03. The molecular formula is C30H26Br2N2O2S. The number of halogens is 2. The van der Waals surface area contributed by atoms with Crippen LogP contribution in [-0.4, -0.2) is 12.1 Å². The molecule has 37 heavy (non-hydrogen) atoms. The molecule has 1 amide bonds. The van der Waals surface area contributed by atoms with E-state index in [9.17, 15) is 4.79 Å². The van der Waals surface area contributed by atoms with Gasteiger partial charge in [-0.15, -0.1) is 11.3 Å². The molecule has 1 aromatic heterocycles. The maximum absolute atomic E-state index is 13.3. The van der Waals surface area contributed by atoms with Crippen LogP contribution in [0.3, 0.4) is 0 Å². The first-order valence-electron chi connectivity index (χ1n) is 12.2. The zero-order valence-electron chi connectivity index (χ0n) is 20.2. The van der Waals surface area contributed by atoms with Crippen molar-refractivity contribution in [3.05, 3.63) is 114 Å². The summed E-state index contributed by atoms with van der Waals surface area (Å²) in [5, 5.41) is 3.88. The van der Waals surface area contributed by atoms with Gasteiger partial charge in [-0.1, -0.05) is 60.7 Å². The van der Waals surface area contributed by atoms with E-state index in [1.165, 1.54) is 10.4 Å². The first-order chi connectivity index (χ1) is 18.1. The lowest BCUT2D eigenvalue weighted by atomic mass is 9.95. The highest BCUT2D eigenvalue weighted by Gasteiger charge is 2.25. The van der Waals surface area contributed by atoms with Crippen LogP contribution in [0.1, 0.15) is 50.3 Å². The van der Waals surface area contributed by atoms with Crippen LogP contribution in [-0.2, 0) is 26.0 Å². The van der Waals surface area contributed by atoms with Gasteiger partial charge < -0.3 is 10.1 Å². The molecule has 0 bridgehead atoms. The van der Waals surface area contributed by atoms with Crippen molar-refractivity contribution in [2.45, 2.75) is 38.8 Å². The van der Waals surface area contributed by atoms with Crippen LogP contribution in [0.5, 0.6) is 5.75 Å². The van der Waals surface area contributed by atoms with Gasteiger partial charge in [0.25, 0.3) is 5.91 Å². The van der Waals surface area contributed by atoms with Crippen LogP contribution in [0, 0.1) is 0 Å². The van der Waals surface area contributed by atoms with E-state index < -0.39 is 0 Å². The van der Waals surface area contributed by atoms with Crippen LogP contribution >= 0.6 is 43.2 Å². The van der Waals surface area contributed by atoms with Gasteiger partial charge in [0.1, 0.15) is 17.4 Å². The van der Waals surface area contributed by atoms with Gasteiger partial charge in [0.15, 0.2) is 0 Å². The summed E-state index contributed by atoms with van der Waals surface area (Å²) >= 11 is 8.93. The highest BCUT2D eigenvalue weighted by molar-refractivity contribution is 9.11. The zero-order valence-corrected chi connectivity index (χ0v) is 24.2. The van der Waals surface area contributed by atoms with Crippen LogP contribution in [0.25, 0.3) is 0 Å². The number of carbonyl (C=O) groups excluding carboxylic acids is 1. The molecule has 0 atom stereocenters. The minimum absolute atomic E-state index is 0.0533. The monoisotopic (exact) mass is 636 g/mol. The largest absolute Gasteiger partial charge is 0.487 e. The Morgan fingerprint density at radius 2 is 1.59 bits per heavy atom. The number of rotatable bonds is 8. The molecular weight excluding hydrogens is 612 g/mol. The van der Waals surface area contributed by atoms with E-state index >= 15 is 0 Å². The van der Waals surface area contributed by atoms with Gasteiger partial charge >= 0.3 is 0 Å². The fourth-order valence-corrected chi connectivity index (χ4v) is 7.08. The van der Waals surface area contributed by atoms with Crippen LogP contribution in [0.15, 0.2) is 86.7 Å². The minimum Gasteiger partial charge on any atom is -0.487 e. The molecule has 0 saturated carbocycles. The molecule has 0 aliphatic heterocycles. The van der Waals surface area contributed by atoms with E-state index in [0.717, 1.165) is 67.6 Å². The summed E-state index contributed by atoms with van der Waals surface area (Å²) in [6.45, 7) is 0.978. The lowest BCUT2D eigenvalue weighted by molar-refractivity contribution is 0.0951. The summed E-state index contributed by atoms with van der Waals surface area (Å²) in [6, 6.07) is 24.0. The molecule has 4 nitrogen and oxygen atoms in total. The minimum atomic E-state index is -0.0533. The molecule has 4 aromatic rings. The summed E-state index contributed by atoms with van der Waals surface area (Å²) in [5.74, 6) is 0.691. The quantitative estimate of drug-likeness (QED) is 0.197. The van der Waals surface area contributed by atoms with Crippen molar-refractivity contribution >= 4 is 60.3 Å². The molecule has 7 heteroatoms. The summed E-state index contributed by atoms with van der Waals surface area (Å²) in [7, 11) is 0. The molecule has 5 rings (SSSR count). The van der Waals surface area contributed by atoms with E-state index in [0.29, 0.717) is 13.2 Å². The summed E-state index contributed by atoms with van der Waals surface area (Å²) in [4.78, 5) is 19.4. The number of carbonyl (C=O) groups is 1. The topological polar surface area (TPSA) is 50.7 Å². The third kappa shape index (κ3) is 6.40. The second-order valence-corrected chi connectivity index (χ2v) is 11.7. The number of amides is 1. The first-order valence-corrected chi connectivity index (χ1v) is 14.6. The Hall–Kier alpha value is -2.74. The van der Waals surface area contributed by atoms with Crippen molar-refractivity contribution in [1.82, 2.24) is 5.32 Å². The average molecular weight is 638 g/mol. The van der Waals surface area contributed by atoms with Crippen molar-refractivity contribution in [2.75, 3.05) is 0 Å². The number of hydrogen-bond acceptors (Lipinski definition) is 4. The molecule has 3 aromatic carbocycles. The number of hydrogen-bond donors (Lipinski definition) is 1. The molecule has 0 spiro atoms.